The van der Waals surface area contributed by atoms with Crippen molar-refractivity contribution in [2.24, 2.45) is 5.92 Å². The zero-order chi connectivity index (χ0) is 36.2. The number of hydrogen-bond donors (Lipinski definition) is 1. The molecule has 1 saturated heterocycles. The van der Waals surface area contributed by atoms with Crippen molar-refractivity contribution < 1.29 is 28.3 Å². The van der Waals surface area contributed by atoms with E-state index in [-0.39, 0.29) is 25.0 Å². The number of carbonyl (C=O) groups is 2. The SMILES string of the molecule is C[C@H]1[C@H]([Si](C)(C)F)[C@@H](CCn2cc(CCO)nn2)O[C@]12C(=O)N(Cc1ccc(N3C(=O)c4ccccc4Oc4ccccc43)cc1)c1ccccc12. The number of benzene rings is 4. The number of amides is 2. The molecule has 12 heteroatoms. The number of hydrogen-bond acceptors (Lipinski definition) is 7. The van der Waals surface area contributed by atoms with Crippen LogP contribution in [-0.2, 0) is 34.6 Å². The summed E-state index contributed by atoms with van der Waals surface area (Å²) in [5, 5.41) is 17.6. The van der Waals surface area contributed by atoms with Gasteiger partial charge < -0.3 is 23.6 Å². The van der Waals surface area contributed by atoms with E-state index in [4.69, 9.17) is 9.47 Å². The summed E-state index contributed by atoms with van der Waals surface area (Å²) in [6.07, 6.45) is 2.15. The molecule has 4 heterocycles. The summed E-state index contributed by atoms with van der Waals surface area (Å²) < 4.78 is 31.0. The Morgan fingerprint density at radius 3 is 2.35 bits per heavy atom. The Labute approximate surface area is 302 Å². The number of aliphatic hydroxyl groups is 1. The highest BCUT2D eigenvalue weighted by molar-refractivity contribution is 6.72. The number of carbonyl (C=O) groups excluding carboxylic acids is 2. The maximum absolute atomic E-state index is 16.3. The summed E-state index contributed by atoms with van der Waals surface area (Å²) in [7, 11) is -3.33. The van der Waals surface area contributed by atoms with Crippen LogP contribution in [0.25, 0.3) is 0 Å². The van der Waals surface area contributed by atoms with Crippen LogP contribution in [0.5, 0.6) is 11.5 Å². The van der Waals surface area contributed by atoms with Gasteiger partial charge in [-0.15, -0.1) is 5.10 Å². The summed E-state index contributed by atoms with van der Waals surface area (Å²) in [6, 6.07) is 29.9. The second-order valence-corrected chi connectivity index (χ2v) is 18.1. The van der Waals surface area contributed by atoms with Gasteiger partial charge in [-0.3, -0.25) is 19.2 Å². The van der Waals surface area contributed by atoms with E-state index in [0.717, 1.165) is 16.8 Å². The van der Waals surface area contributed by atoms with Crippen LogP contribution in [0.15, 0.2) is 103 Å². The van der Waals surface area contributed by atoms with Gasteiger partial charge in [0, 0.05) is 48.5 Å². The van der Waals surface area contributed by atoms with E-state index < -0.39 is 31.6 Å². The van der Waals surface area contributed by atoms with Crippen molar-refractivity contribution in [3.8, 4) is 11.5 Å². The summed E-state index contributed by atoms with van der Waals surface area (Å²) >= 11 is 0. The Balaban J connectivity index is 1.08. The average Bonchev–Trinajstić information content (AvgIpc) is 3.76. The minimum Gasteiger partial charge on any atom is -0.454 e. The van der Waals surface area contributed by atoms with E-state index in [2.05, 4.69) is 10.3 Å². The van der Waals surface area contributed by atoms with Crippen molar-refractivity contribution in [2.75, 3.05) is 16.4 Å². The van der Waals surface area contributed by atoms with Crippen LogP contribution in [0, 0.1) is 5.92 Å². The zero-order valence-electron chi connectivity index (χ0n) is 29.3. The molecule has 10 nitrogen and oxygen atoms in total. The molecule has 1 N–H and O–H groups in total. The minimum atomic E-state index is -3.33. The molecule has 2 amide bonds. The van der Waals surface area contributed by atoms with Crippen molar-refractivity contribution in [2.45, 2.75) is 63.2 Å². The standard InChI is InChI=1S/C40H40FN5O5Si/c1-26-37(52(2,3)41)36(20-22-44-25-28(21-23-47)42-43-44)51-40(26)31-11-5-6-12-32(31)45(39(40)49)24-27-16-18-29(19-17-27)46-33-13-7-9-15-35(33)50-34-14-8-4-10-30(34)38(46)48/h4-19,25-26,36-37,47H,20-24H2,1-3H3/t26-,36+,37-,40+/m0/s1. The van der Waals surface area contributed by atoms with E-state index >= 15 is 4.11 Å². The Bertz CT molecular complexity index is 2150. The van der Waals surface area contributed by atoms with Crippen molar-refractivity contribution >= 4 is 37.3 Å². The fraction of sp³-hybridized carbons (Fsp3) is 0.300. The van der Waals surface area contributed by atoms with Gasteiger partial charge >= 0.3 is 0 Å². The van der Waals surface area contributed by atoms with Crippen LogP contribution in [0.4, 0.5) is 21.2 Å². The van der Waals surface area contributed by atoms with Gasteiger partial charge in [0.2, 0.25) is 8.41 Å². The number of anilines is 3. The number of ether oxygens (including phenoxy) is 2. The fourth-order valence-corrected chi connectivity index (χ4v) is 10.9. The van der Waals surface area contributed by atoms with Crippen LogP contribution >= 0.6 is 0 Å². The molecule has 0 bridgehead atoms. The molecule has 0 aliphatic carbocycles. The number of aromatic nitrogens is 3. The lowest BCUT2D eigenvalue weighted by Crippen LogP contribution is -2.45. The number of fused-ring (bicyclic) bond motifs is 4. The molecule has 52 heavy (non-hydrogen) atoms. The molecule has 0 saturated carbocycles. The van der Waals surface area contributed by atoms with Gasteiger partial charge in [0.15, 0.2) is 11.4 Å². The van der Waals surface area contributed by atoms with Gasteiger partial charge in [0.1, 0.15) is 5.75 Å². The number of rotatable bonds is 9. The summed E-state index contributed by atoms with van der Waals surface area (Å²) in [5.41, 5.74) is 3.03. The number of aliphatic hydroxyl groups excluding tert-OH is 1. The molecular weight excluding hydrogens is 678 g/mol. The van der Waals surface area contributed by atoms with Crippen LogP contribution in [0.1, 0.15) is 40.5 Å². The highest BCUT2D eigenvalue weighted by Gasteiger charge is 2.66. The van der Waals surface area contributed by atoms with Gasteiger partial charge in [-0.05, 0) is 67.5 Å². The minimum absolute atomic E-state index is 0.0204. The second kappa shape index (κ2) is 13.1. The Hall–Kier alpha value is -5.17. The van der Waals surface area contributed by atoms with Gasteiger partial charge in [-0.2, -0.15) is 0 Å². The topological polar surface area (TPSA) is 110 Å². The number of nitrogens with zero attached hydrogens (tertiary/aromatic N) is 5. The van der Waals surface area contributed by atoms with E-state index in [1.165, 1.54) is 0 Å². The van der Waals surface area contributed by atoms with Crippen molar-refractivity contribution in [3.63, 3.8) is 0 Å². The molecular formula is C40H40FN5O5Si. The van der Waals surface area contributed by atoms with Gasteiger partial charge in [0.05, 0.1) is 35.3 Å². The van der Waals surface area contributed by atoms with Gasteiger partial charge in [-0.25, -0.2) is 0 Å². The van der Waals surface area contributed by atoms with E-state index in [9.17, 15) is 14.7 Å². The first-order valence-corrected chi connectivity index (χ1v) is 20.6. The molecule has 8 rings (SSSR count). The third kappa shape index (κ3) is 5.62. The predicted molar refractivity (Wildman–Crippen MR) is 197 cm³/mol. The lowest BCUT2D eigenvalue weighted by Gasteiger charge is -2.31. The van der Waals surface area contributed by atoms with Crippen molar-refractivity contribution in [1.82, 2.24) is 15.0 Å². The first kappa shape index (κ1) is 33.9. The predicted octanol–water partition coefficient (Wildman–Crippen LogP) is 7.31. The number of aryl methyl sites for hydroxylation is 1. The van der Waals surface area contributed by atoms with Crippen LogP contribution in [-0.4, -0.2) is 53.0 Å². The molecule has 0 unspecified atom stereocenters. The molecule has 0 radical (unpaired) electrons. The lowest BCUT2D eigenvalue weighted by molar-refractivity contribution is -0.146. The molecule has 266 valence electrons. The molecule has 3 aliphatic rings. The molecule has 4 atom stereocenters. The monoisotopic (exact) mass is 717 g/mol. The van der Waals surface area contributed by atoms with Gasteiger partial charge in [-0.1, -0.05) is 66.7 Å². The second-order valence-electron chi connectivity index (χ2n) is 14.3. The van der Waals surface area contributed by atoms with Crippen molar-refractivity contribution in [3.05, 3.63) is 126 Å². The molecule has 1 aromatic heterocycles. The Kier molecular flexibility index (Phi) is 8.55. The largest absolute Gasteiger partial charge is 0.454 e. The lowest BCUT2D eigenvalue weighted by atomic mass is 9.82. The maximum Gasteiger partial charge on any atom is 0.266 e. The van der Waals surface area contributed by atoms with Crippen LogP contribution in [0.2, 0.25) is 18.6 Å². The molecule has 1 fully saturated rings. The highest BCUT2D eigenvalue weighted by atomic mass is 28.4. The highest BCUT2D eigenvalue weighted by Crippen LogP contribution is 2.60. The third-order valence-corrected chi connectivity index (χ3v) is 13.1. The normalized spacial score (nSPS) is 22.3. The molecule has 5 aromatic rings. The molecule has 1 spiro atoms. The Morgan fingerprint density at radius 1 is 0.904 bits per heavy atom. The molecule has 3 aliphatic heterocycles. The number of para-hydroxylation sites is 4. The number of halogens is 1. The summed E-state index contributed by atoms with van der Waals surface area (Å²) in [5.74, 6) is 0.252. The Morgan fingerprint density at radius 2 is 1.60 bits per heavy atom. The zero-order valence-corrected chi connectivity index (χ0v) is 30.3. The summed E-state index contributed by atoms with van der Waals surface area (Å²) in [4.78, 5) is 32.1. The van der Waals surface area contributed by atoms with Crippen LogP contribution < -0.4 is 14.5 Å². The first-order valence-electron chi connectivity index (χ1n) is 17.7. The summed E-state index contributed by atoms with van der Waals surface area (Å²) in [6.45, 7) is 6.04. The van der Waals surface area contributed by atoms with E-state index in [1.807, 2.05) is 91.9 Å². The smallest absolute Gasteiger partial charge is 0.266 e. The third-order valence-electron chi connectivity index (χ3n) is 10.6. The van der Waals surface area contributed by atoms with Crippen LogP contribution in [0.3, 0.4) is 0 Å². The van der Waals surface area contributed by atoms with Crippen molar-refractivity contribution in [1.29, 1.82) is 0 Å². The maximum atomic E-state index is 16.3. The van der Waals surface area contributed by atoms with Gasteiger partial charge in [0.25, 0.3) is 11.8 Å². The van der Waals surface area contributed by atoms with E-state index in [0.29, 0.717) is 53.5 Å². The quantitative estimate of drug-likeness (QED) is 0.126. The van der Waals surface area contributed by atoms with E-state index in [1.54, 1.807) is 45.9 Å². The fourth-order valence-electron chi connectivity index (χ4n) is 8.36. The molecule has 4 aromatic carbocycles. The average molecular weight is 718 g/mol. The first-order chi connectivity index (χ1) is 25.1.